The molecule has 0 amide bonds. The van der Waals surface area contributed by atoms with Gasteiger partial charge < -0.3 is 0 Å². The fourth-order valence-corrected chi connectivity index (χ4v) is 7.23. The number of halogens is 1. The second-order valence-corrected chi connectivity index (χ2v) is 8.58. The number of hydrogen-bond donors (Lipinski definition) is 0. The summed E-state index contributed by atoms with van der Waals surface area (Å²) in [6, 6.07) is 10.6. The Morgan fingerprint density at radius 3 is 2.61 bits per heavy atom. The zero-order valence-electron chi connectivity index (χ0n) is 10.4. The maximum atomic E-state index is 11.7. The van der Waals surface area contributed by atoms with Gasteiger partial charge in [-0.3, -0.25) is 0 Å². The van der Waals surface area contributed by atoms with Gasteiger partial charge in [0, 0.05) is 0 Å². The van der Waals surface area contributed by atoms with Crippen LogP contribution in [0.15, 0.2) is 30.3 Å². The number of Topliss-reactive ketones (excluding diaryl/α,β-unsaturated/α-hetero) is 1. The van der Waals surface area contributed by atoms with Crippen LogP contribution >= 0.6 is 11.6 Å². The summed E-state index contributed by atoms with van der Waals surface area (Å²) >= 11 is 7.00. The molecule has 3 heteroatoms. The quantitative estimate of drug-likeness (QED) is 0.616. The molecule has 1 aromatic rings. The molecule has 0 aromatic heterocycles. The van der Waals surface area contributed by atoms with Gasteiger partial charge in [-0.25, -0.2) is 0 Å². The zero-order chi connectivity index (χ0) is 12.7. The minimum absolute atomic E-state index is 0.292. The molecular formula is C15H17ClOSe. The first-order valence-electron chi connectivity index (χ1n) is 6.53. The topological polar surface area (TPSA) is 17.1 Å². The van der Waals surface area contributed by atoms with E-state index in [4.69, 9.17) is 11.6 Å². The van der Waals surface area contributed by atoms with E-state index < -0.39 is 0 Å². The van der Waals surface area contributed by atoms with Crippen LogP contribution in [-0.2, 0) is 4.79 Å². The molecule has 96 valence electrons. The van der Waals surface area contributed by atoms with Crippen LogP contribution in [0.4, 0.5) is 0 Å². The normalized spacial score (nSPS) is 38.0. The van der Waals surface area contributed by atoms with Gasteiger partial charge >= 0.3 is 120 Å². The van der Waals surface area contributed by atoms with Crippen LogP contribution in [0, 0.1) is 17.8 Å². The van der Waals surface area contributed by atoms with Gasteiger partial charge in [0.05, 0.1) is 0 Å². The number of carbonyl (C=O) groups is 1. The molecule has 2 aliphatic rings. The number of hydrogen-bond acceptors (Lipinski definition) is 1. The molecule has 18 heavy (non-hydrogen) atoms. The van der Waals surface area contributed by atoms with E-state index in [1.807, 2.05) is 0 Å². The molecule has 2 bridgehead atoms. The van der Waals surface area contributed by atoms with Crippen molar-refractivity contribution in [1.82, 2.24) is 0 Å². The van der Waals surface area contributed by atoms with E-state index in [0.29, 0.717) is 48.7 Å². The molecule has 5 atom stereocenters. The van der Waals surface area contributed by atoms with Gasteiger partial charge in [0.1, 0.15) is 0 Å². The molecule has 0 N–H and O–H groups in total. The van der Waals surface area contributed by atoms with Crippen molar-refractivity contribution in [1.29, 1.82) is 0 Å². The van der Waals surface area contributed by atoms with Gasteiger partial charge in [0.25, 0.3) is 0 Å². The second-order valence-electron chi connectivity index (χ2n) is 5.45. The molecule has 2 aliphatic carbocycles. The van der Waals surface area contributed by atoms with Crippen molar-refractivity contribution < 1.29 is 4.79 Å². The third-order valence-electron chi connectivity index (χ3n) is 4.37. The number of carbonyl (C=O) groups excluding carboxylic acids is 1. The second kappa shape index (κ2) is 5.00. The van der Waals surface area contributed by atoms with Crippen LogP contribution in [0.1, 0.15) is 19.8 Å². The predicted octanol–water partition coefficient (Wildman–Crippen LogP) is 2.66. The van der Waals surface area contributed by atoms with Gasteiger partial charge in [-0.05, 0) is 0 Å². The molecule has 1 aromatic carbocycles. The molecule has 0 saturated heterocycles. The first kappa shape index (κ1) is 12.7. The number of ketones is 1. The fraction of sp³-hybridized carbons (Fsp3) is 0.533. The monoisotopic (exact) mass is 328 g/mol. The first-order valence-corrected chi connectivity index (χ1v) is 8.81. The number of fused-ring (bicyclic) bond motifs is 2. The molecule has 0 heterocycles. The van der Waals surface area contributed by atoms with Crippen LogP contribution in [0.25, 0.3) is 0 Å². The predicted molar refractivity (Wildman–Crippen MR) is 75.6 cm³/mol. The molecule has 3 rings (SSSR count). The molecular weight excluding hydrogens is 311 g/mol. The molecule has 0 spiro atoms. The van der Waals surface area contributed by atoms with Crippen molar-refractivity contribution in [2.45, 2.75) is 30.0 Å². The van der Waals surface area contributed by atoms with Crippen molar-refractivity contribution in [3.63, 3.8) is 0 Å². The standard InChI is InChI=1S/C15H17ClOSe/c1-9(17)12-7-10-8-13(12)15(14(10)16)18-11-5-3-2-4-6-11/h2-6,10,12-15H,7-8H2,1H3/t10-,12+,13-,14-,15-/m0/s1. The van der Waals surface area contributed by atoms with Gasteiger partial charge in [0.15, 0.2) is 0 Å². The summed E-state index contributed by atoms with van der Waals surface area (Å²) in [7, 11) is 0. The van der Waals surface area contributed by atoms with E-state index in [1.54, 1.807) is 6.92 Å². The van der Waals surface area contributed by atoms with Crippen LogP contribution in [-0.4, -0.2) is 26.1 Å². The molecule has 1 nitrogen and oxygen atoms in total. The Hall–Kier alpha value is -0.301. The Morgan fingerprint density at radius 1 is 1.28 bits per heavy atom. The van der Waals surface area contributed by atoms with Crippen molar-refractivity contribution >= 4 is 36.8 Å². The summed E-state index contributed by atoms with van der Waals surface area (Å²) in [5.74, 6) is 1.80. The number of benzene rings is 1. The molecule has 0 radical (unpaired) electrons. The van der Waals surface area contributed by atoms with E-state index in [1.165, 1.54) is 10.9 Å². The average molecular weight is 328 g/mol. The van der Waals surface area contributed by atoms with Gasteiger partial charge in [-0.1, -0.05) is 0 Å². The molecule has 0 unspecified atom stereocenters. The Balaban J connectivity index is 1.78. The Morgan fingerprint density at radius 2 is 2.00 bits per heavy atom. The van der Waals surface area contributed by atoms with E-state index in [9.17, 15) is 4.79 Å². The minimum atomic E-state index is 0.292. The van der Waals surface area contributed by atoms with Crippen molar-refractivity contribution in [3.8, 4) is 0 Å². The Bertz CT molecular complexity index is 447. The maximum absolute atomic E-state index is 11.7. The summed E-state index contributed by atoms with van der Waals surface area (Å²) in [6.45, 7) is 1.75. The third kappa shape index (κ3) is 2.15. The molecule has 2 saturated carbocycles. The van der Waals surface area contributed by atoms with Crippen molar-refractivity contribution in [2.24, 2.45) is 17.8 Å². The SMILES string of the molecule is CC(=O)[C@H]1C[C@H]2C[C@@H]1[C@H]([Se]c1ccccc1)[C@H]2Cl. The first-order chi connectivity index (χ1) is 8.66. The summed E-state index contributed by atoms with van der Waals surface area (Å²) in [4.78, 5) is 12.3. The van der Waals surface area contributed by atoms with E-state index in [0.717, 1.165) is 6.42 Å². The number of alkyl halides is 1. The van der Waals surface area contributed by atoms with Crippen molar-refractivity contribution in [3.05, 3.63) is 30.3 Å². The summed E-state index contributed by atoms with van der Waals surface area (Å²) < 4.78 is 1.41. The van der Waals surface area contributed by atoms with Crippen LogP contribution in [0.3, 0.4) is 0 Å². The van der Waals surface area contributed by atoms with Crippen LogP contribution < -0.4 is 4.46 Å². The van der Waals surface area contributed by atoms with E-state index in [-0.39, 0.29) is 0 Å². The number of rotatable bonds is 3. The Labute approximate surface area is 119 Å². The van der Waals surface area contributed by atoms with Gasteiger partial charge in [-0.2, -0.15) is 0 Å². The summed E-state index contributed by atoms with van der Waals surface area (Å²) in [5, 5.41) is 0.297. The van der Waals surface area contributed by atoms with Gasteiger partial charge in [-0.15, -0.1) is 0 Å². The summed E-state index contributed by atoms with van der Waals surface area (Å²) in [6.07, 6.45) is 2.22. The van der Waals surface area contributed by atoms with Crippen LogP contribution in [0.2, 0.25) is 4.82 Å². The van der Waals surface area contributed by atoms with Gasteiger partial charge in [0.2, 0.25) is 0 Å². The summed E-state index contributed by atoms with van der Waals surface area (Å²) in [5.41, 5.74) is 0. The van der Waals surface area contributed by atoms with Crippen LogP contribution in [0.5, 0.6) is 0 Å². The van der Waals surface area contributed by atoms with Crippen molar-refractivity contribution in [2.75, 3.05) is 0 Å². The third-order valence-corrected chi connectivity index (χ3v) is 8.40. The molecule has 2 fully saturated rings. The van der Waals surface area contributed by atoms with E-state index >= 15 is 0 Å². The Kier molecular flexibility index (Phi) is 3.53. The molecule has 0 aliphatic heterocycles. The zero-order valence-corrected chi connectivity index (χ0v) is 12.9. The average Bonchev–Trinajstić information content (AvgIpc) is 2.91. The van der Waals surface area contributed by atoms with E-state index in [2.05, 4.69) is 30.3 Å². The fourth-order valence-electron chi connectivity index (χ4n) is 3.51.